The van der Waals surface area contributed by atoms with Crippen LogP contribution in [-0.4, -0.2) is 21.4 Å². The molecule has 0 bridgehead atoms. The second kappa shape index (κ2) is 4.43. The number of halogens is 1. The predicted octanol–water partition coefficient (Wildman–Crippen LogP) is 2.68. The second-order valence-electron chi connectivity index (χ2n) is 6.70. The molecule has 0 saturated heterocycles. The minimum absolute atomic E-state index is 0.133. The molecule has 0 spiro atoms. The molecule has 3 N–H and O–H groups in total. The fourth-order valence-corrected chi connectivity index (χ4v) is 4.11. The largest absolute Gasteiger partial charge is 0.508 e. The van der Waals surface area contributed by atoms with Crippen molar-refractivity contribution < 1.29 is 19.7 Å². The maximum absolute atomic E-state index is 14.0. The fraction of sp³-hybridized carbons (Fsp3) is 0.625. The Bertz CT molecular complexity index is 532. The normalized spacial score (nSPS) is 40.6. The van der Waals surface area contributed by atoms with Crippen molar-refractivity contribution in [3.63, 3.8) is 0 Å². The van der Waals surface area contributed by atoms with Crippen molar-refractivity contribution in [1.29, 1.82) is 0 Å². The Hall–Kier alpha value is -1.13. The first-order valence-electron chi connectivity index (χ1n) is 7.25. The maximum Gasteiger partial charge on any atom is 0.132 e. The van der Waals surface area contributed by atoms with Gasteiger partial charge in [-0.25, -0.2) is 4.39 Å². The van der Waals surface area contributed by atoms with Crippen LogP contribution in [0.4, 0.5) is 4.39 Å². The lowest BCUT2D eigenvalue weighted by atomic mass is 9.62. The minimum atomic E-state index is -1.19. The van der Waals surface area contributed by atoms with E-state index in [1.165, 1.54) is 12.1 Å². The first-order valence-corrected chi connectivity index (χ1v) is 7.25. The van der Waals surface area contributed by atoms with Gasteiger partial charge >= 0.3 is 0 Å². The van der Waals surface area contributed by atoms with E-state index in [-0.39, 0.29) is 28.7 Å². The lowest BCUT2D eigenvalue weighted by Gasteiger charge is -2.46. The number of rotatable bonds is 1. The highest BCUT2D eigenvalue weighted by atomic mass is 19.1. The molecule has 2 fully saturated rings. The third-order valence-corrected chi connectivity index (χ3v) is 5.60. The van der Waals surface area contributed by atoms with Crippen molar-refractivity contribution in [3.05, 3.63) is 29.6 Å². The SMILES string of the molecule is C[C@]12CC[C@](O)(c3ccc(O)cc3F)C[C@@H]1CC[C@@H]2O. The molecular weight excluding hydrogens is 259 g/mol. The van der Waals surface area contributed by atoms with Gasteiger partial charge in [-0.3, -0.25) is 0 Å². The molecule has 0 amide bonds. The Kier molecular flexibility index (Phi) is 3.07. The van der Waals surface area contributed by atoms with Gasteiger partial charge in [0.25, 0.3) is 0 Å². The summed E-state index contributed by atoms with van der Waals surface area (Å²) in [6.45, 7) is 2.07. The van der Waals surface area contributed by atoms with Crippen molar-refractivity contribution in [2.45, 2.75) is 50.7 Å². The number of phenols is 1. The van der Waals surface area contributed by atoms with E-state index in [2.05, 4.69) is 6.92 Å². The lowest BCUT2D eigenvalue weighted by molar-refractivity contribution is -0.0869. The van der Waals surface area contributed by atoms with Crippen LogP contribution in [-0.2, 0) is 5.60 Å². The van der Waals surface area contributed by atoms with E-state index < -0.39 is 11.4 Å². The lowest BCUT2D eigenvalue weighted by Crippen LogP contribution is -2.44. The van der Waals surface area contributed by atoms with Crippen LogP contribution in [0, 0.1) is 17.2 Å². The molecule has 2 aliphatic carbocycles. The summed E-state index contributed by atoms with van der Waals surface area (Å²) in [6, 6.07) is 3.93. The quantitative estimate of drug-likeness (QED) is 0.741. The molecule has 0 heterocycles. The van der Waals surface area contributed by atoms with Crippen molar-refractivity contribution >= 4 is 0 Å². The van der Waals surface area contributed by atoms with Gasteiger partial charge < -0.3 is 15.3 Å². The molecule has 4 atom stereocenters. The van der Waals surface area contributed by atoms with E-state index in [9.17, 15) is 19.7 Å². The zero-order valence-electron chi connectivity index (χ0n) is 11.6. The summed E-state index contributed by atoms with van der Waals surface area (Å²) < 4.78 is 14.0. The zero-order valence-corrected chi connectivity index (χ0v) is 11.6. The third kappa shape index (κ3) is 1.93. The van der Waals surface area contributed by atoms with Crippen LogP contribution in [0.15, 0.2) is 18.2 Å². The number of hydrogen-bond acceptors (Lipinski definition) is 3. The van der Waals surface area contributed by atoms with Gasteiger partial charge in [0.1, 0.15) is 11.6 Å². The zero-order chi connectivity index (χ0) is 14.5. The van der Waals surface area contributed by atoms with Gasteiger partial charge in [-0.05, 0) is 55.6 Å². The van der Waals surface area contributed by atoms with Gasteiger partial charge in [0, 0.05) is 11.6 Å². The Morgan fingerprint density at radius 3 is 2.70 bits per heavy atom. The molecular formula is C16H21FO3. The van der Waals surface area contributed by atoms with Crippen molar-refractivity contribution in [2.24, 2.45) is 11.3 Å². The number of benzene rings is 1. The molecule has 20 heavy (non-hydrogen) atoms. The topological polar surface area (TPSA) is 60.7 Å². The molecule has 110 valence electrons. The van der Waals surface area contributed by atoms with Gasteiger partial charge in [-0.15, -0.1) is 0 Å². The van der Waals surface area contributed by atoms with Crippen molar-refractivity contribution in [2.75, 3.05) is 0 Å². The molecule has 2 aliphatic rings. The van der Waals surface area contributed by atoms with E-state index in [4.69, 9.17) is 0 Å². The Balaban J connectivity index is 1.91. The standard InChI is InChI=1S/C16H21FO3/c1-15-6-7-16(20,9-10(15)2-5-14(15)19)12-4-3-11(18)8-13(12)17/h3-4,8,10,14,18-20H,2,5-7,9H2,1H3/t10-,14-,15-,16+/m0/s1. The smallest absolute Gasteiger partial charge is 0.132 e. The molecule has 0 unspecified atom stereocenters. The van der Waals surface area contributed by atoms with Crippen LogP contribution in [0.3, 0.4) is 0 Å². The van der Waals surface area contributed by atoms with E-state index in [0.717, 1.165) is 18.9 Å². The number of aliphatic hydroxyl groups excluding tert-OH is 1. The Labute approximate surface area is 118 Å². The third-order valence-electron chi connectivity index (χ3n) is 5.60. The second-order valence-corrected chi connectivity index (χ2v) is 6.70. The monoisotopic (exact) mass is 280 g/mol. The number of phenolic OH excluding ortho intramolecular Hbond substituents is 1. The van der Waals surface area contributed by atoms with E-state index in [1.807, 2.05) is 0 Å². The van der Waals surface area contributed by atoms with Gasteiger partial charge in [0.05, 0.1) is 11.7 Å². The molecule has 3 nitrogen and oxygen atoms in total. The highest BCUT2D eigenvalue weighted by molar-refractivity contribution is 5.32. The highest BCUT2D eigenvalue weighted by Gasteiger charge is 2.53. The number of aliphatic hydroxyl groups is 2. The average Bonchev–Trinajstić information content (AvgIpc) is 2.66. The van der Waals surface area contributed by atoms with Crippen LogP contribution in [0.2, 0.25) is 0 Å². The Morgan fingerprint density at radius 2 is 2.00 bits per heavy atom. The number of hydrogen-bond donors (Lipinski definition) is 3. The van der Waals surface area contributed by atoms with E-state index in [0.29, 0.717) is 19.3 Å². The van der Waals surface area contributed by atoms with Gasteiger partial charge in [0.15, 0.2) is 0 Å². The maximum atomic E-state index is 14.0. The van der Waals surface area contributed by atoms with E-state index >= 15 is 0 Å². The van der Waals surface area contributed by atoms with E-state index in [1.54, 1.807) is 0 Å². The predicted molar refractivity (Wildman–Crippen MR) is 72.7 cm³/mol. The average molecular weight is 280 g/mol. The molecule has 1 aromatic rings. The number of fused-ring (bicyclic) bond motifs is 1. The fourth-order valence-electron chi connectivity index (χ4n) is 4.11. The summed E-state index contributed by atoms with van der Waals surface area (Å²) in [7, 11) is 0. The molecule has 3 rings (SSSR count). The van der Waals surface area contributed by atoms with Crippen LogP contribution >= 0.6 is 0 Å². The molecule has 0 radical (unpaired) electrons. The minimum Gasteiger partial charge on any atom is -0.508 e. The van der Waals surface area contributed by atoms with Crippen LogP contribution in [0.25, 0.3) is 0 Å². The van der Waals surface area contributed by atoms with Crippen molar-refractivity contribution in [1.82, 2.24) is 0 Å². The van der Waals surface area contributed by atoms with Crippen molar-refractivity contribution in [3.8, 4) is 5.75 Å². The van der Waals surface area contributed by atoms with Gasteiger partial charge in [0.2, 0.25) is 0 Å². The van der Waals surface area contributed by atoms with Gasteiger partial charge in [-0.2, -0.15) is 0 Å². The summed E-state index contributed by atoms with van der Waals surface area (Å²) in [6.07, 6.45) is 2.92. The van der Waals surface area contributed by atoms with Crippen LogP contribution < -0.4 is 0 Å². The highest BCUT2D eigenvalue weighted by Crippen LogP contribution is 2.57. The number of aromatic hydroxyl groups is 1. The summed E-state index contributed by atoms with van der Waals surface area (Å²) in [5, 5.41) is 30.3. The first kappa shape index (κ1) is 13.8. The molecule has 0 aliphatic heterocycles. The molecule has 0 aromatic heterocycles. The summed E-state index contributed by atoms with van der Waals surface area (Å²) in [5.41, 5.74) is -1.08. The van der Waals surface area contributed by atoms with Crippen LogP contribution in [0.1, 0.15) is 44.6 Å². The van der Waals surface area contributed by atoms with Crippen LogP contribution in [0.5, 0.6) is 5.75 Å². The summed E-state index contributed by atoms with van der Waals surface area (Å²) in [5.74, 6) is -0.481. The molecule has 2 saturated carbocycles. The summed E-state index contributed by atoms with van der Waals surface area (Å²) >= 11 is 0. The first-order chi connectivity index (χ1) is 9.35. The molecule has 4 heteroatoms. The summed E-state index contributed by atoms with van der Waals surface area (Å²) in [4.78, 5) is 0. The Morgan fingerprint density at radius 1 is 1.25 bits per heavy atom. The van der Waals surface area contributed by atoms with Gasteiger partial charge in [-0.1, -0.05) is 6.92 Å². The molecule has 1 aromatic carbocycles.